The molecule has 1 amide bonds. The summed E-state index contributed by atoms with van der Waals surface area (Å²) in [6, 6.07) is 6.45. The molecule has 5 nitrogen and oxygen atoms in total. The number of carbonyl (C=O) groups is 1. The molecule has 0 bridgehead atoms. The van der Waals surface area contributed by atoms with Crippen molar-refractivity contribution in [2.45, 2.75) is 58.3 Å². The maximum Gasteiger partial charge on any atom is 0.228 e. The van der Waals surface area contributed by atoms with Crippen molar-refractivity contribution < 1.29 is 14.1 Å². The fraction of sp³-hybridized carbons (Fsp3) is 0.524. The van der Waals surface area contributed by atoms with Crippen LogP contribution in [0.15, 0.2) is 22.7 Å². The molecule has 2 aliphatic rings. The molecule has 26 heavy (non-hydrogen) atoms. The highest BCUT2D eigenvalue weighted by Crippen LogP contribution is 2.61. The molecular weight excluding hydrogens is 328 g/mol. The summed E-state index contributed by atoms with van der Waals surface area (Å²) in [5.41, 5.74) is 3.89. The quantitative estimate of drug-likeness (QED) is 0.887. The van der Waals surface area contributed by atoms with Crippen molar-refractivity contribution >= 4 is 11.6 Å². The van der Waals surface area contributed by atoms with E-state index in [-0.39, 0.29) is 17.2 Å². The Kier molecular flexibility index (Phi) is 4.05. The van der Waals surface area contributed by atoms with Gasteiger partial charge in [-0.3, -0.25) is 4.79 Å². The van der Waals surface area contributed by atoms with Crippen LogP contribution in [-0.2, 0) is 16.6 Å². The van der Waals surface area contributed by atoms with Gasteiger partial charge in [-0.25, -0.2) is 0 Å². The maximum atomic E-state index is 13.0. The molecule has 2 atom stereocenters. The van der Waals surface area contributed by atoms with E-state index in [2.05, 4.69) is 42.5 Å². The van der Waals surface area contributed by atoms with Crippen LogP contribution < -0.4 is 10.1 Å². The molecule has 0 unspecified atom stereocenters. The van der Waals surface area contributed by atoms with Gasteiger partial charge in [0.05, 0.1) is 6.61 Å². The fourth-order valence-corrected chi connectivity index (χ4v) is 4.15. The molecule has 1 aromatic heterocycles. The number of anilines is 1. The predicted octanol–water partition coefficient (Wildman–Crippen LogP) is 4.35. The number of rotatable bonds is 4. The molecule has 1 aromatic carbocycles. The first-order valence-corrected chi connectivity index (χ1v) is 9.49. The number of fused-ring (bicyclic) bond motifs is 2. The summed E-state index contributed by atoms with van der Waals surface area (Å²) in [6.07, 6.45) is 2.48. The first kappa shape index (κ1) is 17.1. The number of carbonyl (C=O) groups excluding carboxylic acids is 1. The van der Waals surface area contributed by atoms with Gasteiger partial charge in [0.1, 0.15) is 17.1 Å². The van der Waals surface area contributed by atoms with Crippen LogP contribution in [0, 0.1) is 12.8 Å². The first-order valence-electron chi connectivity index (χ1n) is 9.49. The van der Waals surface area contributed by atoms with Gasteiger partial charge in [-0.15, -0.1) is 0 Å². The Hall–Kier alpha value is -2.30. The van der Waals surface area contributed by atoms with Gasteiger partial charge in [0.15, 0.2) is 5.76 Å². The van der Waals surface area contributed by atoms with Gasteiger partial charge < -0.3 is 14.6 Å². The van der Waals surface area contributed by atoms with E-state index in [9.17, 15) is 4.79 Å². The number of nitrogens with one attached hydrogen (secondary N) is 1. The Balaban J connectivity index is 1.60. The highest BCUT2D eigenvalue weighted by molar-refractivity contribution is 5.97. The lowest BCUT2D eigenvalue weighted by atomic mass is 9.85. The van der Waals surface area contributed by atoms with E-state index in [1.54, 1.807) is 0 Å². The average Bonchev–Trinajstić information content (AvgIpc) is 3.24. The summed E-state index contributed by atoms with van der Waals surface area (Å²) in [5, 5.41) is 7.06. The largest absolute Gasteiger partial charge is 0.493 e. The van der Waals surface area contributed by atoms with E-state index in [1.807, 2.05) is 13.8 Å². The van der Waals surface area contributed by atoms with Gasteiger partial charge in [0, 0.05) is 23.3 Å². The van der Waals surface area contributed by atoms with E-state index in [4.69, 9.17) is 9.26 Å². The number of hydrogen-bond donors (Lipinski definition) is 1. The highest BCUT2D eigenvalue weighted by atomic mass is 16.5. The minimum atomic E-state index is -0.0833. The number of benzene rings is 1. The maximum absolute atomic E-state index is 13.0. The van der Waals surface area contributed by atoms with E-state index >= 15 is 0 Å². The summed E-state index contributed by atoms with van der Waals surface area (Å²) in [6.45, 7) is 8.91. The molecule has 1 fully saturated rings. The molecule has 0 saturated heterocycles. The van der Waals surface area contributed by atoms with Crippen molar-refractivity contribution in [3.05, 3.63) is 40.8 Å². The number of nitrogens with zero attached hydrogens (tertiary/aromatic N) is 1. The zero-order valence-electron chi connectivity index (χ0n) is 15.9. The molecule has 1 saturated carbocycles. The van der Waals surface area contributed by atoms with E-state index in [0.717, 1.165) is 35.7 Å². The third-order valence-corrected chi connectivity index (χ3v) is 5.91. The summed E-state index contributed by atoms with van der Waals surface area (Å²) in [5.74, 6) is 2.17. The second kappa shape index (κ2) is 6.15. The van der Waals surface area contributed by atoms with Crippen LogP contribution in [0.3, 0.4) is 0 Å². The SMILES string of the molecule is CCc1onc(C)c1NC(=O)[C@@H]1C[C@]12CCOc1ccc(C(C)C)cc12. The molecule has 138 valence electrons. The first-order chi connectivity index (χ1) is 12.5. The minimum absolute atomic E-state index is 0.0217. The number of amides is 1. The third-order valence-electron chi connectivity index (χ3n) is 5.91. The van der Waals surface area contributed by atoms with Crippen molar-refractivity contribution in [3.8, 4) is 5.75 Å². The molecule has 2 aromatic rings. The van der Waals surface area contributed by atoms with Crippen LogP contribution >= 0.6 is 0 Å². The van der Waals surface area contributed by atoms with Crippen LogP contribution in [0.1, 0.15) is 62.1 Å². The predicted molar refractivity (Wildman–Crippen MR) is 99.7 cm³/mol. The highest BCUT2D eigenvalue weighted by Gasteiger charge is 2.61. The van der Waals surface area contributed by atoms with Gasteiger partial charge in [0.2, 0.25) is 5.91 Å². The summed E-state index contributed by atoms with van der Waals surface area (Å²) < 4.78 is 11.2. The second-order valence-corrected chi connectivity index (χ2v) is 7.83. The third kappa shape index (κ3) is 2.61. The molecule has 5 heteroatoms. The lowest BCUT2D eigenvalue weighted by molar-refractivity contribution is -0.117. The number of aryl methyl sites for hydroxylation is 2. The summed E-state index contributed by atoms with van der Waals surface area (Å²) in [7, 11) is 0. The van der Waals surface area contributed by atoms with Crippen molar-refractivity contribution in [2.75, 3.05) is 11.9 Å². The van der Waals surface area contributed by atoms with E-state index in [1.165, 1.54) is 11.1 Å². The molecule has 1 aliphatic carbocycles. The average molecular weight is 354 g/mol. The summed E-state index contributed by atoms with van der Waals surface area (Å²) >= 11 is 0. The fourth-order valence-electron chi connectivity index (χ4n) is 4.15. The Morgan fingerprint density at radius 2 is 2.23 bits per heavy atom. The van der Waals surface area contributed by atoms with Gasteiger partial charge in [-0.05, 0) is 37.3 Å². The monoisotopic (exact) mass is 354 g/mol. The van der Waals surface area contributed by atoms with Crippen molar-refractivity contribution in [1.29, 1.82) is 0 Å². The van der Waals surface area contributed by atoms with E-state index in [0.29, 0.717) is 18.9 Å². The number of aromatic nitrogens is 1. The molecule has 1 spiro atoms. The Morgan fingerprint density at radius 3 is 2.96 bits per heavy atom. The van der Waals surface area contributed by atoms with Gasteiger partial charge >= 0.3 is 0 Å². The topological polar surface area (TPSA) is 64.4 Å². The van der Waals surface area contributed by atoms with Gasteiger partial charge in [0.25, 0.3) is 0 Å². The molecule has 4 rings (SSSR count). The minimum Gasteiger partial charge on any atom is -0.493 e. The zero-order valence-corrected chi connectivity index (χ0v) is 15.9. The lowest BCUT2D eigenvalue weighted by Gasteiger charge is -2.28. The van der Waals surface area contributed by atoms with Crippen LogP contribution in [0.4, 0.5) is 5.69 Å². The Labute approximate surface area is 154 Å². The van der Waals surface area contributed by atoms with Gasteiger partial charge in [-0.1, -0.05) is 38.1 Å². The Morgan fingerprint density at radius 1 is 1.42 bits per heavy atom. The van der Waals surface area contributed by atoms with Crippen LogP contribution in [-0.4, -0.2) is 17.7 Å². The lowest BCUT2D eigenvalue weighted by Crippen LogP contribution is -2.27. The molecule has 1 N–H and O–H groups in total. The molecule has 2 heterocycles. The molecular formula is C21H26N2O3. The summed E-state index contributed by atoms with van der Waals surface area (Å²) in [4.78, 5) is 13.0. The van der Waals surface area contributed by atoms with Crippen molar-refractivity contribution in [1.82, 2.24) is 5.16 Å². The van der Waals surface area contributed by atoms with Crippen LogP contribution in [0.5, 0.6) is 5.75 Å². The molecule has 0 radical (unpaired) electrons. The second-order valence-electron chi connectivity index (χ2n) is 7.83. The molecule has 1 aliphatic heterocycles. The van der Waals surface area contributed by atoms with Crippen LogP contribution in [0.2, 0.25) is 0 Å². The smallest absolute Gasteiger partial charge is 0.228 e. The number of hydrogen-bond acceptors (Lipinski definition) is 4. The van der Waals surface area contributed by atoms with Gasteiger partial charge in [-0.2, -0.15) is 0 Å². The zero-order chi connectivity index (χ0) is 18.5. The Bertz CT molecular complexity index is 855. The van der Waals surface area contributed by atoms with E-state index < -0.39 is 0 Å². The standard InChI is InChI=1S/C21H26N2O3/c1-5-17-19(13(4)23-26-17)22-20(24)16-11-21(16)8-9-25-18-7-6-14(12(2)3)10-15(18)21/h6-7,10,12,16H,5,8-9,11H2,1-4H3,(H,22,24)/t16-,21-/m0/s1. The number of ether oxygens (including phenoxy) is 1. The normalized spacial score (nSPS) is 23.7. The van der Waals surface area contributed by atoms with Crippen molar-refractivity contribution in [3.63, 3.8) is 0 Å². The van der Waals surface area contributed by atoms with Crippen LogP contribution in [0.25, 0.3) is 0 Å². The van der Waals surface area contributed by atoms with Crippen molar-refractivity contribution in [2.24, 2.45) is 5.92 Å².